The Bertz CT molecular complexity index is 1440. The number of rotatable bonds is 15. The van der Waals surface area contributed by atoms with E-state index in [1.165, 1.54) is 18.6 Å². The van der Waals surface area contributed by atoms with Crippen molar-refractivity contribution in [1.29, 1.82) is 0 Å². The number of carbonyl (C=O) groups is 1. The van der Waals surface area contributed by atoms with Gasteiger partial charge in [0.2, 0.25) is 5.91 Å². The molecule has 6 rings (SSSR count). The van der Waals surface area contributed by atoms with Gasteiger partial charge in [-0.1, -0.05) is 65.0 Å². The molecule has 3 aliphatic carbocycles. The highest BCUT2D eigenvalue weighted by Crippen LogP contribution is 2.61. The molecule has 4 N–H and O–H groups in total. The fourth-order valence-electron chi connectivity index (χ4n) is 9.23. The van der Waals surface area contributed by atoms with Crippen LogP contribution in [0.2, 0.25) is 0 Å². The zero-order valence-electron chi connectivity index (χ0n) is 31.3. The summed E-state index contributed by atoms with van der Waals surface area (Å²) in [6.07, 6.45) is 1.55. The molecule has 2 bridgehead atoms. The van der Waals surface area contributed by atoms with Gasteiger partial charge in [0.15, 0.2) is 0 Å². The Morgan fingerprint density at radius 2 is 1.82 bits per heavy atom. The Hall–Kier alpha value is -2.60. The van der Waals surface area contributed by atoms with E-state index in [4.69, 9.17) is 4.84 Å². The van der Waals surface area contributed by atoms with Crippen molar-refractivity contribution in [2.24, 2.45) is 35.0 Å². The van der Waals surface area contributed by atoms with Gasteiger partial charge in [0, 0.05) is 49.3 Å². The van der Waals surface area contributed by atoms with Crippen LogP contribution in [0.3, 0.4) is 0 Å². The number of halogens is 1. The Kier molecular flexibility index (Phi) is 12.3. The summed E-state index contributed by atoms with van der Waals surface area (Å²) >= 11 is 0. The number of fused-ring (bicyclic) bond motifs is 2. The highest BCUT2D eigenvalue weighted by Gasteiger charge is 2.57. The number of hydrogen-bond donors (Lipinski definition) is 4. The summed E-state index contributed by atoms with van der Waals surface area (Å²) in [4.78, 5) is 24.9. The molecule has 2 aromatic carbocycles. The van der Waals surface area contributed by atoms with Gasteiger partial charge in [0.1, 0.15) is 23.7 Å². The van der Waals surface area contributed by atoms with Crippen molar-refractivity contribution in [3.63, 3.8) is 0 Å². The second-order valence-electron chi connectivity index (χ2n) is 16.8. The molecule has 1 aliphatic heterocycles. The number of likely N-dealkylation sites (N-methyl/N-ethyl adjacent to an activating group) is 1. The van der Waals surface area contributed by atoms with E-state index in [0.717, 1.165) is 30.5 Å². The van der Waals surface area contributed by atoms with Crippen LogP contribution in [-0.2, 0) is 29.3 Å². The fourth-order valence-corrected chi connectivity index (χ4v) is 9.23. The van der Waals surface area contributed by atoms with Crippen molar-refractivity contribution in [2.45, 2.75) is 111 Å². The van der Waals surface area contributed by atoms with Gasteiger partial charge >= 0.3 is 0 Å². The maximum absolute atomic E-state index is 14.1. The van der Waals surface area contributed by atoms with Crippen LogP contribution in [0.1, 0.15) is 77.5 Å². The quantitative estimate of drug-likeness (QED) is 0.202. The smallest absolute Gasteiger partial charge is 0.240 e. The molecule has 50 heavy (non-hydrogen) atoms. The third-order valence-corrected chi connectivity index (χ3v) is 12.0. The van der Waals surface area contributed by atoms with E-state index < -0.39 is 30.0 Å². The van der Waals surface area contributed by atoms with Crippen LogP contribution in [0.4, 0.5) is 4.39 Å². The molecular formula is C40H61FN4O5. The number of carbonyl (C=O) groups excluding carboxylic acids is 1. The van der Waals surface area contributed by atoms with Crippen LogP contribution in [0.15, 0.2) is 42.5 Å². The first-order valence-corrected chi connectivity index (χ1v) is 18.6. The molecule has 0 spiro atoms. The predicted molar refractivity (Wildman–Crippen MR) is 193 cm³/mol. The number of nitrogens with zero attached hydrogens (tertiary/aromatic N) is 3. The summed E-state index contributed by atoms with van der Waals surface area (Å²) in [6, 6.07) is 11.9. The molecule has 0 radical (unpaired) electrons. The normalized spacial score (nSPS) is 29.0. The van der Waals surface area contributed by atoms with E-state index in [2.05, 4.69) is 76.0 Å². The van der Waals surface area contributed by atoms with E-state index >= 15 is 0 Å². The van der Waals surface area contributed by atoms with Crippen LogP contribution >= 0.6 is 0 Å². The number of hydroxylamine groups is 2. The number of amides is 1. The van der Waals surface area contributed by atoms with E-state index in [1.54, 1.807) is 18.1 Å². The number of nitrogens with one attached hydrogen (secondary N) is 1. The number of aliphatic hydroxyl groups is 2. The van der Waals surface area contributed by atoms with Crippen molar-refractivity contribution in [3.8, 4) is 5.75 Å². The second-order valence-corrected chi connectivity index (χ2v) is 16.8. The lowest BCUT2D eigenvalue weighted by atomic mass is 9.45. The van der Waals surface area contributed by atoms with Gasteiger partial charge in [-0.3, -0.25) is 14.5 Å². The first-order chi connectivity index (χ1) is 23.6. The summed E-state index contributed by atoms with van der Waals surface area (Å²) in [5.74, 6) is 0.699. The minimum Gasteiger partial charge on any atom is -0.508 e. The van der Waals surface area contributed by atoms with Gasteiger partial charge in [-0.15, -0.1) is 0 Å². The Labute approximate surface area is 298 Å². The number of aliphatic hydroxyl groups excluding tert-OH is 2. The van der Waals surface area contributed by atoms with Gasteiger partial charge in [0.25, 0.3) is 0 Å². The van der Waals surface area contributed by atoms with Crippen molar-refractivity contribution < 1.29 is 29.3 Å². The molecule has 4 fully saturated rings. The SMILES string of the molecule is CC(C)C[C@@H](CN(C)C)N(Cc1cccc(CN2O[C@@H](CO)[C@@H]([C@H](C)O)[C@H]2C(=O)N[C@H]2C[C@H]3C[C@@H]([C@@H]2C)C3(C)C)c1)Cc1ccc(F)cc1O. The third kappa shape index (κ3) is 8.54. The van der Waals surface area contributed by atoms with Crippen molar-refractivity contribution in [2.75, 3.05) is 27.2 Å². The molecule has 9 atom stereocenters. The molecule has 4 aliphatic rings. The largest absolute Gasteiger partial charge is 0.508 e. The van der Waals surface area contributed by atoms with E-state index in [-0.39, 0.29) is 30.3 Å². The number of aromatic hydroxyl groups is 1. The molecule has 278 valence electrons. The highest BCUT2D eigenvalue weighted by molar-refractivity contribution is 5.82. The average molecular weight is 697 g/mol. The molecule has 2 aromatic rings. The molecule has 1 amide bonds. The van der Waals surface area contributed by atoms with Crippen LogP contribution in [-0.4, -0.2) is 93.7 Å². The molecule has 1 saturated heterocycles. The number of benzene rings is 2. The molecule has 1 heterocycles. The minimum atomic E-state index is -0.860. The van der Waals surface area contributed by atoms with Crippen LogP contribution in [0.25, 0.3) is 0 Å². The van der Waals surface area contributed by atoms with Crippen LogP contribution in [0, 0.1) is 40.8 Å². The molecule has 0 unspecified atom stereocenters. The Morgan fingerprint density at radius 3 is 2.42 bits per heavy atom. The van der Waals surface area contributed by atoms with E-state index in [1.807, 2.05) is 12.1 Å². The lowest BCUT2D eigenvalue weighted by Gasteiger charge is -2.62. The van der Waals surface area contributed by atoms with Crippen LogP contribution < -0.4 is 5.32 Å². The summed E-state index contributed by atoms with van der Waals surface area (Å²) in [5, 5.41) is 36.8. The standard InChI is InChI=1S/C40H61FN4O5/c1-24(2)14-32(22-43(7)8)44(21-29-12-13-31(41)18-35(29)48)19-27-10-9-11-28(15-27)20-45-38(37(26(4)47)36(23-46)50-45)39(49)42-34-17-30-16-33(25(34)3)40(30,5)6/h9-13,15,18,24-26,30,32-34,36-38,46-48H,14,16-17,19-23H2,1-8H3,(H,42,49)/t25-,26-,30+,32-,33-,34-,36-,37+,38-/m0/s1. The highest BCUT2D eigenvalue weighted by atomic mass is 19.1. The third-order valence-electron chi connectivity index (χ3n) is 12.0. The Morgan fingerprint density at radius 1 is 1.10 bits per heavy atom. The summed E-state index contributed by atoms with van der Waals surface area (Å²) < 4.78 is 13.9. The topological polar surface area (TPSA) is 109 Å². The van der Waals surface area contributed by atoms with Gasteiger partial charge in [-0.25, -0.2) is 4.39 Å². The van der Waals surface area contributed by atoms with Gasteiger partial charge in [0.05, 0.1) is 19.3 Å². The average Bonchev–Trinajstić information content (AvgIpc) is 3.40. The maximum Gasteiger partial charge on any atom is 0.240 e. The molecule has 0 aromatic heterocycles. The minimum absolute atomic E-state index is 0.0538. The van der Waals surface area contributed by atoms with Gasteiger partial charge < -0.3 is 25.5 Å². The fraction of sp³-hybridized carbons (Fsp3) is 0.675. The molecular weight excluding hydrogens is 635 g/mol. The summed E-state index contributed by atoms with van der Waals surface area (Å²) in [7, 11) is 4.12. The predicted octanol–water partition coefficient (Wildman–Crippen LogP) is 5.17. The van der Waals surface area contributed by atoms with Crippen LogP contribution in [0.5, 0.6) is 5.75 Å². The van der Waals surface area contributed by atoms with Gasteiger partial charge in [-0.05, 0) is 86.6 Å². The monoisotopic (exact) mass is 696 g/mol. The summed E-state index contributed by atoms with van der Waals surface area (Å²) in [6.45, 7) is 14.9. The van der Waals surface area contributed by atoms with Crippen molar-refractivity contribution in [3.05, 3.63) is 65.0 Å². The summed E-state index contributed by atoms with van der Waals surface area (Å²) in [5.41, 5.74) is 2.96. The Balaban J connectivity index is 1.37. The van der Waals surface area contributed by atoms with E-state index in [9.17, 15) is 24.5 Å². The first kappa shape index (κ1) is 38.6. The maximum atomic E-state index is 14.1. The lowest BCUT2D eigenvalue weighted by Crippen LogP contribution is -2.62. The molecule has 3 saturated carbocycles. The van der Waals surface area contributed by atoms with Crippen molar-refractivity contribution >= 4 is 5.91 Å². The first-order valence-electron chi connectivity index (χ1n) is 18.6. The molecule has 9 nitrogen and oxygen atoms in total. The number of hydrogen-bond acceptors (Lipinski definition) is 8. The van der Waals surface area contributed by atoms with Gasteiger partial charge in [-0.2, -0.15) is 5.06 Å². The van der Waals surface area contributed by atoms with Crippen molar-refractivity contribution in [1.82, 2.24) is 20.2 Å². The second kappa shape index (κ2) is 16.0. The zero-order valence-corrected chi connectivity index (χ0v) is 31.3. The zero-order chi connectivity index (χ0) is 36.5. The molecule has 10 heteroatoms. The number of phenols is 1. The van der Waals surface area contributed by atoms with E-state index in [0.29, 0.717) is 54.3 Å². The lowest BCUT2D eigenvalue weighted by molar-refractivity contribution is -0.183. The number of phenolic OH excluding ortho intramolecular Hbond substituents is 1.